The van der Waals surface area contributed by atoms with E-state index < -0.39 is 25.9 Å². The first-order valence-corrected chi connectivity index (χ1v) is 12.3. The van der Waals surface area contributed by atoms with Gasteiger partial charge in [0, 0.05) is 6.54 Å². The van der Waals surface area contributed by atoms with Gasteiger partial charge in [0.2, 0.25) is 20.0 Å². The van der Waals surface area contributed by atoms with Crippen molar-refractivity contribution >= 4 is 31.4 Å². The van der Waals surface area contributed by atoms with Gasteiger partial charge >= 0.3 is 0 Å². The van der Waals surface area contributed by atoms with Gasteiger partial charge in [-0.1, -0.05) is 25.1 Å². The lowest BCUT2D eigenvalue weighted by Crippen LogP contribution is -2.37. The lowest BCUT2D eigenvalue weighted by Gasteiger charge is -2.31. The summed E-state index contributed by atoms with van der Waals surface area (Å²) in [6.45, 7) is 2.20. The third-order valence-corrected chi connectivity index (χ3v) is 7.74. The van der Waals surface area contributed by atoms with Gasteiger partial charge in [-0.25, -0.2) is 21.2 Å². The second-order valence-corrected chi connectivity index (χ2v) is 10.6. The highest BCUT2D eigenvalue weighted by Crippen LogP contribution is 2.32. The van der Waals surface area contributed by atoms with E-state index in [0.717, 1.165) is 18.4 Å². The Bertz CT molecular complexity index is 1050. The Morgan fingerprint density at radius 3 is 2.46 bits per heavy atom. The zero-order valence-corrected chi connectivity index (χ0v) is 17.2. The number of nitrogens with zero attached hydrogens (tertiary/aromatic N) is 1. The van der Waals surface area contributed by atoms with Crippen LogP contribution in [0.1, 0.15) is 30.9 Å². The maximum absolute atomic E-state index is 13.0. The summed E-state index contributed by atoms with van der Waals surface area (Å²) in [7, 11) is -7.17. The van der Waals surface area contributed by atoms with Crippen molar-refractivity contribution < 1.29 is 21.2 Å². The van der Waals surface area contributed by atoms with E-state index in [4.69, 9.17) is 0 Å². The highest BCUT2D eigenvalue weighted by Gasteiger charge is 2.27. The van der Waals surface area contributed by atoms with E-state index >= 15 is 0 Å². The third-order valence-electron chi connectivity index (χ3n) is 4.50. The van der Waals surface area contributed by atoms with Crippen LogP contribution in [-0.4, -0.2) is 29.1 Å². The van der Waals surface area contributed by atoms with Crippen LogP contribution in [0.25, 0.3) is 0 Å². The molecule has 6 nitrogen and oxygen atoms in total. The molecular formula is C19H23FN2O4S2. The first-order valence-electron chi connectivity index (χ1n) is 9.08. The molecule has 0 amide bonds. The second-order valence-electron chi connectivity index (χ2n) is 6.82. The number of rotatable bonds is 7. The van der Waals surface area contributed by atoms with Gasteiger partial charge in [-0.15, -0.1) is 0 Å². The van der Waals surface area contributed by atoms with Gasteiger partial charge in [0.1, 0.15) is 5.82 Å². The Balaban J connectivity index is 1.85. The number of fused-ring (bicyclic) bond motifs is 1. The molecule has 9 heteroatoms. The highest BCUT2D eigenvalue weighted by atomic mass is 32.2. The smallest absolute Gasteiger partial charge is 0.236 e. The Kier molecular flexibility index (Phi) is 5.95. The molecule has 0 aliphatic carbocycles. The molecule has 1 aliphatic heterocycles. The molecule has 0 fully saturated rings. The van der Waals surface area contributed by atoms with Crippen molar-refractivity contribution in [1.29, 1.82) is 0 Å². The molecule has 28 heavy (non-hydrogen) atoms. The van der Waals surface area contributed by atoms with Crippen molar-refractivity contribution in [3.05, 3.63) is 59.4 Å². The molecule has 1 aliphatic rings. The summed E-state index contributed by atoms with van der Waals surface area (Å²) >= 11 is 0. The molecule has 0 radical (unpaired) electrons. The monoisotopic (exact) mass is 426 g/mol. The fourth-order valence-electron chi connectivity index (χ4n) is 3.28. The number of hydrogen-bond acceptors (Lipinski definition) is 4. The Hall–Kier alpha value is -2.13. The molecule has 1 heterocycles. The molecule has 2 aromatic carbocycles. The minimum Gasteiger partial charge on any atom is -0.283 e. The number of aryl methyl sites for hydroxylation is 1. The molecule has 0 saturated heterocycles. The van der Waals surface area contributed by atoms with Gasteiger partial charge in [-0.3, -0.25) is 9.03 Å². The van der Waals surface area contributed by atoms with Crippen LogP contribution in [0.15, 0.2) is 42.5 Å². The molecule has 152 valence electrons. The van der Waals surface area contributed by atoms with E-state index in [-0.39, 0.29) is 11.5 Å². The maximum atomic E-state index is 13.0. The molecule has 0 aromatic heterocycles. The van der Waals surface area contributed by atoms with Crippen molar-refractivity contribution in [2.75, 3.05) is 21.3 Å². The zero-order chi connectivity index (χ0) is 20.4. The topological polar surface area (TPSA) is 83.6 Å². The fourth-order valence-corrected chi connectivity index (χ4v) is 6.08. The number of nitrogens with one attached hydrogen (secondary N) is 1. The van der Waals surface area contributed by atoms with Gasteiger partial charge in [0.15, 0.2) is 0 Å². The Morgan fingerprint density at radius 1 is 1.07 bits per heavy atom. The number of anilines is 2. The highest BCUT2D eigenvalue weighted by molar-refractivity contribution is 7.92. The number of sulfonamides is 2. The summed E-state index contributed by atoms with van der Waals surface area (Å²) < 4.78 is 66.9. The minimum atomic E-state index is -3.73. The molecule has 1 N–H and O–H groups in total. The zero-order valence-electron chi connectivity index (χ0n) is 15.6. The average Bonchev–Trinajstić information content (AvgIpc) is 2.62. The summed E-state index contributed by atoms with van der Waals surface area (Å²) in [4.78, 5) is 0. The van der Waals surface area contributed by atoms with E-state index in [9.17, 15) is 21.2 Å². The summed E-state index contributed by atoms with van der Waals surface area (Å²) in [5.74, 6) is -0.688. The normalized spacial score (nSPS) is 14.6. The van der Waals surface area contributed by atoms with Gasteiger partial charge in [0.25, 0.3) is 0 Å². The van der Waals surface area contributed by atoms with E-state index in [1.165, 1.54) is 28.6 Å². The SMILES string of the molecule is CCCS(=O)(=O)N1CCCc2ccc(NS(=O)(=O)Cc3ccc(F)cc3)cc21. The minimum absolute atomic E-state index is 0.0486. The van der Waals surface area contributed by atoms with Crippen molar-refractivity contribution in [2.24, 2.45) is 0 Å². The van der Waals surface area contributed by atoms with E-state index in [2.05, 4.69) is 4.72 Å². The molecule has 2 aromatic rings. The van der Waals surface area contributed by atoms with E-state index in [0.29, 0.717) is 29.9 Å². The molecule has 0 saturated carbocycles. The van der Waals surface area contributed by atoms with Crippen LogP contribution in [0.4, 0.5) is 15.8 Å². The van der Waals surface area contributed by atoms with Crippen LogP contribution in [0.2, 0.25) is 0 Å². The van der Waals surface area contributed by atoms with Crippen LogP contribution in [0.3, 0.4) is 0 Å². The van der Waals surface area contributed by atoms with Gasteiger partial charge < -0.3 is 0 Å². The summed E-state index contributed by atoms with van der Waals surface area (Å²) in [5.41, 5.74) is 2.17. The first kappa shape index (κ1) is 20.6. The maximum Gasteiger partial charge on any atom is 0.236 e. The fraction of sp³-hybridized carbons (Fsp3) is 0.368. The van der Waals surface area contributed by atoms with Crippen LogP contribution >= 0.6 is 0 Å². The van der Waals surface area contributed by atoms with Crippen molar-refractivity contribution in [1.82, 2.24) is 0 Å². The molecule has 0 atom stereocenters. The standard InChI is InChI=1S/C19H23FN2O4S2/c1-2-12-28(25,26)22-11-3-4-16-7-10-18(13-19(16)22)21-27(23,24)14-15-5-8-17(20)9-6-15/h5-10,13,21H,2-4,11-12,14H2,1H3. The van der Waals surface area contributed by atoms with Gasteiger partial charge in [-0.05, 0) is 54.7 Å². The summed E-state index contributed by atoms with van der Waals surface area (Å²) in [6, 6.07) is 10.2. The van der Waals surface area contributed by atoms with E-state index in [1.54, 1.807) is 18.2 Å². The third kappa shape index (κ3) is 4.82. The van der Waals surface area contributed by atoms with Crippen LogP contribution in [-0.2, 0) is 32.2 Å². The van der Waals surface area contributed by atoms with Crippen LogP contribution < -0.4 is 9.03 Å². The summed E-state index contributed by atoms with van der Waals surface area (Å²) in [5, 5.41) is 0. The van der Waals surface area contributed by atoms with Crippen molar-refractivity contribution in [3.63, 3.8) is 0 Å². The molecular weight excluding hydrogens is 403 g/mol. The largest absolute Gasteiger partial charge is 0.283 e. The number of benzene rings is 2. The molecule has 0 bridgehead atoms. The number of hydrogen-bond donors (Lipinski definition) is 1. The molecule has 3 rings (SSSR count). The summed E-state index contributed by atoms with van der Waals surface area (Å²) in [6.07, 6.45) is 1.99. The second kappa shape index (κ2) is 8.08. The Morgan fingerprint density at radius 2 is 1.79 bits per heavy atom. The van der Waals surface area contributed by atoms with Crippen LogP contribution in [0, 0.1) is 5.82 Å². The van der Waals surface area contributed by atoms with Crippen LogP contribution in [0.5, 0.6) is 0 Å². The molecule has 0 unspecified atom stereocenters. The first-order chi connectivity index (χ1) is 13.2. The lowest BCUT2D eigenvalue weighted by atomic mass is 10.0. The van der Waals surface area contributed by atoms with Crippen molar-refractivity contribution in [3.8, 4) is 0 Å². The molecule has 0 spiro atoms. The van der Waals surface area contributed by atoms with Crippen molar-refractivity contribution in [2.45, 2.75) is 31.9 Å². The Labute approximate surface area is 165 Å². The number of halogens is 1. The lowest BCUT2D eigenvalue weighted by molar-refractivity contribution is 0.585. The predicted octanol–water partition coefficient (Wildman–Crippen LogP) is 3.26. The van der Waals surface area contributed by atoms with Gasteiger partial charge in [0.05, 0.1) is 22.9 Å². The average molecular weight is 427 g/mol. The quantitative estimate of drug-likeness (QED) is 0.737. The van der Waals surface area contributed by atoms with Gasteiger partial charge in [-0.2, -0.15) is 0 Å². The predicted molar refractivity (Wildman–Crippen MR) is 109 cm³/mol. The van der Waals surface area contributed by atoms with E-state index in [1.807, 2.05) is 6.92 Å².